The van der Waals surface area contributed by atoms with Crippen molar-refractivity contribution < 1.29 is 14.3 Å². The third kappa shape index (κ3) is 5.95. The molecule has 2 fully saturated rings. The van der Waals surface area contributed by atoms with Crippen LogP contribution in [-0.4, -0.2) is 66.5 Å². The molecule has 2 amide bonds. The van der Waals surface area contributed by atoms with Crippen molar-refractivity contribution in [3.63, 3.8) is 0 Å². The largest absolute Gasteiger partial charge is 0.375 e. The number of rotatable bonds is 9. The maximum absolute atomic E-state index is 13.3. The number of methoxy groups -OCH3 is 1. The number of aromatic nitrogens is 1. The molecule has 1 spiro atoms. The number of carbonyl (C=O) groups is 2. The molecule has 1 aromatic heterocycles. The van der Waals surface area contributed by atoms with Gasteiger partial charge in [0.25, 0.3) is 0 Å². The summed E-state index contributed by atoms with van der Waals surface area (Å²) in [5.41, 5.74) is 1.84. The van der Waals surface area contributed by atoms with Crippen LogP contribution in [0.1, 0.15) is 42.9 Å². The number of nitrogens with zero attached hydrogens (tertiary/aromatic N) is 3. The van der Waals surface area contributed by atoms with E-state index in [0.717, 1.165) is 63.0 Å². The summed E-state index contributed by atoms with van der Waals surface area (Å²) in [7, 11) is 1.51. The summed E-state index contributed by atoms with van der Waals surface area (Å²) in [6.07, 6.45) is 7.05. The minimum absolute atomic E-state index is 0.0287. The molecule has 2 aliphatic rings. The van der Waals surface area contributed by atoms with E-state index in [1.165, 1.54) is 7.11 Å². The molecule has 1 atom stereocenters. The van der Waals surface area contributed by atoms with Gasteiger partial charge in [-0.1, -0.05) is 29.8 Å². The molecular formula is C26H33ClN4O3. The van der Waals surface area contributed by atoms with E-state index in [0.29, 0.717) is 17.5 Å². The Bertz CT molecular complexity index is 979. The zero-order valence-corrected chi connectivity index (χ0v) is 20.5. The van der Waals surface area contributed by atoms with Gasteiger partial charge in [0.15, 0.2) is 0 Å². The number of nitrogens with one attached hydrogen (secondary N) is 1. The molecular weight excluding hydrogens is 452 g/mol. The standard InChI is InChI=1S/C26H33ClN4O3/c1-34-19-24(32)29-23(21-5-2-6-22(27)16-21)7-12-30-13-8-26(9-14-30)10-15-31(25(26)33)18-20-4-3-11-28-17-20/h2-6,11,16-17,23H,7-10,12-15,18-19H2,1H3,(H,29,32). The van der Waals surface area contributed by atoms with Gasteiger partial charge in [-0.2, -0.15) is 0 Å². The van der Waals surface area contributed by atoms with Crippen LogP contribution in [0.2, 0.25) is 5.02 Å². The van der Waals surface area contributed by atoms with E-state index < -0.39 is 0 Å². The van der Waals surface area contributed by atoms with Gasteiger partial charge in [-0.15, -0.1) is 0 Å². The Balaban J connectivity index is 1.32. The van der Waals surface area contributed by atoms with Gasteiger partial charge in [0.2, 0.25) is 11.8 Å². The highest BCUT2D eigenvalue weighted by molar-refractivity contribution is 6.30. The molecule has 1 unspecified atom stereocenters. The first-order valence-electron chi connectivity index (χ1n) is 11.9. The van der Waals surface area contributed by atoms with Crippen LogP contribution in [-0.2, 0) is 20.9 Å². The first-order chi connectivity index (χ1) is 16.5. The molecule has 2 saturated heterocycles. The Kier molecular flexibility index (Phi) is 8.19. The number of hydrogen-bond donors (Lipinski definition) is 1. The zero-order chi connectivity index (χ0) is 24.0. The maximum Gasteiger partial charge on any atom is 0.246 e. The smallest absolute Gasteiger partial charge is 0.246 e. The molecule has 1 N–H and O–H groups in total. The van der Waals surface area contributed by atoms with Crippen molar-refractivity contribution in [3.8, 4) is 0 Å². The third-order valence-corrected chi connectivity index (χ3v) is 7.34. The number of carbonyl (C=O) groups excluding carboxylic acids is 2. The van der Waals surface area contributed by atoms with E-state index >= 15 is 0 Å². The van der Waals surface area contributed by atoms with Gasteiger partial charge in [-0.05, 0) is 68.1 Å². The molecule has 4 rings (SSSR count). The van der Waals surface area contributed by atoms with E-state index in [4.69, 9.17) is 16.3 Å². The summed E-state index contributed by atoms with van der Waals surface area (Å²) in [4.78, 5) is 34.0. The molecule has 0 aliphatic carbocycles. The third-order valence-electron chi connectivity index (χ3n) is 7.11. The van der Waals surface area contributed by atoms with Crippen molar-refractivity contribution in [1.82, 2.24) is 20.1 Å². The van der Waals surface area contributed by atoms with Crippen LogP contribution in [0.4, 0.5) is 0 Å². The zero-order valence-electron chi connectivity index (χ0n) is 19.7. The van der Waals surface area contributed by atoms with Gasteiger partial charge in [0, 0.05) is 44.2 Å². The van der Waals surface area contributed by atoms with Gasteiger partial charge >= 0.3 is 0 Å². The lowest BCUT2D eigenvalue weighted by molar-refractivity contribution is -0.139. The second kappa shape index (κ2) is 11.3. The van der Waals surface area contributed by atoms with E-state index in [1.54, 1.807) is 6.20 Å². The van der Waals surface area contributed by atoms with Crippen molar-refractivity contribution in [1.29, 1.82) is 0 Å². The highest BCUT2D eigenvalue weighted by Crippen LogP contribution is 2.42. The summed E-state index contributed by atoms with van der Waals surface area (Å²) in [5, 5.41) is 3.72. The molecule has 7 nitrogen and oxygen atoms in total. The minimum Gasteiger partial charge on any atom is -0.375 e. The Labute approximate surface area is 206 Å². The molecule has 0 bridgehead atoms. The number of hydrogen-bond acceptors (Lipinski definition) is 5. The summed E-state index contributed by atoms with van der Waals surface area (Å²) in [5.74, 6) is 0.148. The van der Waals surface area contributed by atoms with Crippen LogP contribution >= 0.6 is 11.6 Å². The van der Waals surface area contributed by atoms with Gasteiger partial charge in [0.1, 0.15) is 6.61 Å². The number of halogens is 1. The summed E-state index contributed by atoms with van der Waals surface area (Å²) >= 11 is 6.19. The Morgan fingerprint density at radius 2 is 2.00 bits per heavy atom. The average Bonchev–Trinajstić information content (AvgIpc) is 3.13. The van der Waals surface area contributed by atoms with Crippen molar-refractivity contribution >= 4 is 23.4 Å². The predicted octanol–water partition coefficient (Wildman–Crippen LogP) is 3.44. The fourth-order valence-corrected chi connectivity index (χ4v) is 5.35. The van der Waals surface area contributed by atoms with Crippen molar-refractivity contribution in [2.24, 2.45) is 5.41 Å². The molecule has 3 heterocycles. The van der Waals surface area contributed by atoms with Crippen LogP contribution in [0.3, 0.4) is 0 Å². The molecule has 1 aromatic carbocycles. The molecule has 8 heteroatoms. The quantitative estimate of drug-likeness (QED) is 0.590. The topological polar surface area (TPSA) is 74.8 Å². The minimum atomic E-state index is -0.224. The van der Waals surface area contributed by atoms with Gasteiger partial charge in [0.05, 0.1) is 11.5 Å². The normalized spacial score (nSPS) is 18.9. The second-order valence-corrected chi connectivity index (χ2v) is 9.79. The number of amides is 2. The molecule has 2 aromatic rings. The lowest BCUT2D eigenvalue weighted by Crippen LogP contribution is -2.45. The van der Waals surface area contributed by atoms with Crippen LogP contribution in [0.5, 0.6) is 0 Å². The number of piperidine rings is 1. The lowest BCUT2D eigenvalue weighted by atomic mass is 9.77. The molecule has 0 radical (unpaired) electrons. The van der Waals surface area contributed by atoms with E-state index in [-0.39, 0.29) is 24.0 Å². The molecule has 182 valence electrons. The van der Waals surface area contributed by atoms with Crippen LogP contribution in [0.15, 0.2) is 48.8 Å². The van der Waals surface area contributed by atoms with Crippen molar-refractivity contribution in [2.45, 2.75) is 38.3 Å². The molecule has 34 heavy (non-hydrogen) atoms. The van der Waals surface area contributed by atoms with E-state index in [1.807, 2.05) is 47.5 Å². The number of ether oxygens (including phenoxy) is 1. The summed E-state index contributed by atoms with van der Waals surface area (Å²) < 4.78 is 4.98. The fourth-order valence-electron chi connectivity index (χ4n) is 5.15. The lowest BCUT2D eigenvalue weighted by Gasteiger charge is -2.38. The maximum atomic E-state index is 13.3. The van der Waals surface area contributed by atoms with Crippen LogP contribution in [0.25, 0.3) is 0 Å². The highest BCUT2D eigenvalue weighted by Gasteiger charge is 2.47. The Morgan fingerprint density at radius 3 is 2.71 bits per heavy atom. The second-order valence-electron chi connectivity index (χ2n) is 9.36. The average molecular weight is 485 g/mol. The van der Waals surface area contributed by atoms with Gasteiger partial charge in [-0.25, -0.2) is 0 Å². The van der Waals surface area contributed by atoms with Gasteiger partial charge < -0.3 is 19.9 Å². The van der Waals surface area contributed by atoms with Crippen LogP contribution < -0.4 is 5.32 Å². The SMILES string of the molecule is COCC(=O)NC(CCN1CCC2(CC1)CCN(Cc1cccnc1)C2=O)c1cccc(Cl)c1. The number of likely N-dealkylation sites (tertiary alicyclic amines) is 2. The Morgan fingerprint density at radius 1 is 1.21 bits per heavy atom. The van der Waals surface area contributed by atoms with Gasteiger partial charge in [-0.3, -0.25) is 14.6 Å². The van der Waals surface area contributed by atoms with E-state index in [2.05, 4.69) is 15.2 Å². The number of benzene rings is 1. The number of pyridine rings is 1. The van der Waals surface area contributed by atoms with Crippen molar-refractivity contribution in [2.75, 3.05) is 39.9 Å². The van der Waals surface area contributed by atoms with E-state index in [9.17, 15) is 9.59 Å². The fraction of sp³-hybridized carbons (Fsp3) is 0.500. The summed E-state index contributed by atoms with van der Waals surface area (Å²) in [6.45, 7) is 4.10. The predicted molar refractivity (Wildman–Crippen MR) is 131 cm³/mol. The molecule has 0 saturated carbocycles. The monoisotopic (exact) mass is 484 g/mol. The highest BCUT2D eigenvalue weighted by atomic mass is 35.5. The van der Waals surface area contributed by atoms with Crippen LogP contribution in [0, 0.1) is 5.41 Å². The first kappa shape index (κ1) is 24.6. The Hall–Kier alpha value is -2.48. The van der Waals surface area contributed by atoms with Crippen molar-refractivity contribution in [3.05, 3.63) is 64.9 Å². The first-order valence-corrected chi connectivity index (χ1v) is 12.3. The molecule has 2 aliphatic heterocycles. The summed E-state index contributed by atoms with van der Waals surface area (Å²) in [6, 6.07) is 11.4.